The lowest BCUT2D eigenvalue weighted by atomic mass is 9.95. The zero-order chi connectivity index (χ0) is 20.5. The zero-order valence-corrected chi connectivity index (χ0v) is 17.1. The van der Waals surface area contributed by atoms with Crippen LogP contribution in [0.2, 0.25) is 0 Å². The van der Waals surface area contributed by atoms with Crippen LogP contribution in [0.5, 0.6) is 0 Å². The lowest BCUT2D eigenvalue weighted by Gasteiger charge is -2.16. The number of carbonyl (C=O) groups excluding carboxylic acids is 1. The van der Waals surface area contributed by atoms with Crippen molar-refractivity contribution in [2.45, 2.75) is 46.1 Å². The van der Waals surface area contributed by atoms with E-state index in [0.29, 0.717) is 24.5 Å². The molecule has 0 bridgehead atoms. The van der Waals surface area contributed by atoms with Gasteiger partial charge in [-0.15, -0.1) is 0 Å². The minimum Gasteiger partial charge on any atom is -0.423 e. The van der Waals surface area contributed by atoms with Crippen LogP contribution < -0.4 is 15.8 Å². The third-order valence-corrected chi connectivity index (χ3v) is 5.57. The van der Waals surface area contributed by atoms with Gasteiger partial charge in [0.25, 0.3) is 0 Å². The average Bonchev–Trinajstić information content (AvgIpc) is 3.11. The number of hydrogen-bond donors (Lipinski definition) is 1. The van der Waals surface area contributed by atoms with Gasteiger partial charge in [0.2, 0.25) is 5.91 Å². The first-order valence-corrected chi connectivity index (χ1v) is 10.1. The van der Waals surface area contributed by atoms with Crippen LogP contribution in [0.3, 0.4) is 0 Å². The minimum atomic E-state index is -0.339. The van der Waals surface area contributed by atoms with Crippen molar-refractivity contribution < 1.29 is 9.21 Å². The fourth-order valence-electron chi connectivity index (χ4n) is 4.04. The molecule has 5 nitrogen and oxygen atoms in total. The van der Waals surface area contributed by atoms with Crippen LogP contribution in [-0.4, -0.2) is 12.5 Å². The van der Waals surface area contributed by atoms with Crippen molar-refractivity contribution in [1.82, 2.24) is 0 Å². The quantitative estimate of drug-likeness (QED) is 0.625. The summed E-state index contributed by atoms with van der Waals surface area (Å²) in [5, 5.41) is 4.35. The summed E-state index contributed by atoms with van der Waals surface area (Å²) in [6.45, 7) is 7.68. The minimum absolute atomic E-state index is 0.185. The Hall–Kier alpha value is -3.08. The van der Waals surface area contributed by atoms with Gasteiger partial charge in [0, 0.05) is 42.3 Å². The second kappa shape index (κ2) is 7.74. The Kier molecular flexibility index (Phi) is 5.14. The van der Waals surface area contributed by atoms with Gasteiger partial charge >= 0.3 is 5.63 Å². The molecule has 1 saturated heterocycles. The van der Waals surface area contributed by atoms with Crippen LogP contribution in [-0.2, 0) is 11.3 Å². The number of carbonyl (C=O) groups is 1. The third kappa shape index (κ3) is 3.90. The molecular weight excluding hydrogens is 364 g/mol. The maximum absolute atomic E-state index is 12.0. The zero-order valence-electron chi connectivity index (χ0n) is 17.1. The van der Waals surface area contributed by atoms with E-state index in [4.69, 9.17) is 4.42 Å². The summed E-state index contributed by atoms with van der Waals surface area (Å²) in [4.78, 5) is 25.8. The molecule has 0 spiro atoms. The molecule has 150 valence electrons. The van der Waals surface area contributed by atoms with Gasteiger partial charge in [0.15, 0.2) is 0 Å². The summed E-state index contributed by atoms with van der Waals surface area (Å²) in [6.07, 6.45) is 1.54. The Morgan fingerprint density at radius 3 is 2.52 bits per heavy atom. The van der Waals surface area contributed by atoms with Crippen LogP contribution in [0.15, 0.2) is 51.7 Å². The second-order valence-electron chi connectivity index (χ2n) is 8.00. The molecule has 1 amide bonds. The molecule has 5 heteroatoms. The molecule has 4 rings (SSSR count). The summed E-state index contributed by atoms with van der Waals surface area (Å²) in [5.74, 6) is 0.581. The molecule has 3 aromatic rings. The van der Waals surface area contributed by atoms with Gasteiger partial charge in [0.05, 0.1) is 0 Å². The topological polar surface area (TPSA) is 62.6 Å². The molecule has 0 unspecified atom stereocenters. The van der Waals surface area contributed by atoms with Gasteiger partial charge in [-0.3, -0.25) is 4.79 Å². The first kappa shape index (κ1) is 19.2. The summed E-state index contributed by atoms with van der Waals surface area (Å²) in [6, 6.07) is 13.5. The molecule has 1 aromatic heterocycles. The Labute approximate surface area is 170 Å². The van der Waals surface area contributed by atoms with Gasteiger partial charge in [0.1, 0.15) is 5.58 Å². The van der Waals surface area contributed by atoms with Crippen LogP contribution in [0.25, 0.3) is 11.0 Å². The number of hydrogen-bond acceptors (Lipinski definition) is 4. The van der Waals surface area contributed by atoms with E-state index in [0.717, 1.165) is 40.9 Å². The van der Waals surface area contributed by atoms with E-state index < -0.39 is 0 Å². The number of benzene rings is 2. The molecule has 1 N–H and O–H groups in total. The molecule has 0 radical (unpaired) electrons. The van der Waals surface area contributed by atoms with Crippen molar-refractivity contribution in [1.29, 1.82) is 0 Å². The SMILES string of the molecule is Cc1cc2oc(=O)cc(CNc3ccc(N4CCCC4=O)cc3)c2cc1C(C)C. The largest absolute Gasteiger partial charge is 0.423 e. The predicted octanol–water partition coefficient (Wildman–Crippen LogP) is 4.96. The highest BCUT2D eigenvalue weighted by molar-refractivity contribution is 5.95. The van der Waals surface area contributed by atoms with Crippen molar-refractivity contribution in [3.8, 4) is 0 Å². The van der Waals surface area contributed by atoms with E-state index in [1.807, 2.05) is 42.2 Å². The number of fused-ring (bicyclic) bond motifs is 1. The molecule has 2 aromatic carbocycles. The molecular formula is C24H26N2O3. The van der Waals surface area contributed by atoms with E-state index in [1.54, 1.807) is 6.07 Å². The molecule has 29 heavy (non-hydrogen) atoms. The first-order valence-electron chi connectivity index (χ1n) is 10.1. The predicted molar refractivity (Wildman–Crippen MR) is 117 cm³/mol. The van der Waals surface area contributed by atoms with Crippen LogP contribution in [0.4, 0.5) is 11.4 Å². The molecule has 2 heterocycles. The van der Waals surface area contributed by atoms with Crippen LogP contribution in [0.1, 0.15) is 49.3 Å². The van der Waals surface area contributed by atoms with Gasteiger partial charge in [-0.2, -0.15) is 0 Å². The lowest BCUT2D eigenvalue weighted by Crippen LogP contribution is -2.23. The Morgan fingerprint density at radius 1 is 1.10 bits per heavy atom. The fraction of sp³-hybridized carbons (Fsp3) is 0.333. The van der Waals surface area contributed by atoms with E-state index in [9.17, 15) is 9.59 Å². The van der Waals surface area contributed by atoms with Crippen LogP contribution in [0, 0.1) is 6.92 Å². The molecule has 0 aliphatic carbocycles. The van der Waals surface area contributed by atoms with E-state index in [-0.39, 0.29) is 11.5 Å². The van der Waals surface area contributed by atoms with E-state index in [1.165, 1.54) is 5.56 Å². The third-order valence-electron chi connectivity index (χ3n) is 5.57. The highest BCUT2D eigenvalue weighted by Crippen LogP contribution is 2.28. The molecule has 0 atom stereocenters. The standard InChI is InChI=1S/C24H26N2O3/c1-15(2)20-13-21-17(12-24(28)29-22(21)11-16(20)3)14-25-18-6-8-19(9-7-18)26-10-4-5-23(26)27/h6-9,11-13,15,25H,4-5,10,14H2,1-3H3. The van der Waals surface area contributed by atoms with Crippen molar-refractivity contribution in [2.75, 3.05) is 16.8 Å². The lowest BCUT2D eigenvalue weighted by molar-refractivity contribution is -0.117. The molecule has 1 aliphatic heterocycles. The highest BCUT2D eigenvalue weighted by Gasteiger charge is 2.21. The van der Waals surface area contributed by atoms with Gasteiger partial charge in [-0.25, -0.2) is 4.79 Å². The Balaban J connectivity index is 1.58. The number of nitrogens with zero attached hydrogens (tertiary/aromatic N) is 1. The number of rotatable bonds is 5. The summed E-state index contributed by atoms with van der Waals surface area (Å²) >= 11 is 0. The van der Waals surface area contributed by atoms with Gasteiger partial charge < -0.3 is 14.6 Å². The maximum atomic E-state index is 12.0. The normalized spacial score (nSPS) is 14.2. The first-order chi connectivity index (χ1) is 13.9. The molecule has 1 fully saturated rings. The number of nitrogens with one attached hydrogen (secondary N) is 1. The van der Waals surface area contributed by atoms with E-state index >= 15 is 0 Å². The highest BCUT2D eigenvalue weighted by atomic mass is 16.4. The summed E-state index contributed by atoms with van der Waals surface area (Å²) in [5.41, 5.74) is 5.46. The van der Waals surface area contributed by atoms with Crippen molar-refractivity contribution >= 4 is 28.3 Å². The Morgan fingerprint density at radius 2 is 1.86 bits per heavy atom. The van der Waals surface area contributed by atoms with Gasteiger partial charge in [-0.1, -0.05) is 13.8 Å². The van der Waals surface area contributed by atoms with Crippen molar-refractivity contribution in [2.24, 2.45) is 0 Å². The smallest absolute Gasteiger partial charge is 0.336 e. The fourth-order valence-corrected chi connectivity index (χ4v) is 4.04. The van der Waals surface area contributed by atoms with Crippen LogP contribution >= 0.6 is 0 Å². The van der Waals surface area contributed by atoms with E-state index in [2.05, 4.69) is 25.2 Å². The number of aryl methyl sites for hydroxylation is 1. The molecule has 1 aliphatic rings. The van der Waals surface area contributed by atoms with Gasteiger partial charge in [-0.05, 0) is 72.4 Å². The average molecular weight is 390 g/mol. The van der Waals surface area contributed by atoms with Crippen molar-refractivity contribution in [3.05, 3.63) is 69.6 Å². The second-order valence-corrected chi connectivity index (χ2v) is 8.00. The number of anilines is 2. The number of amides is 1. The summed E-state index contributed by atoms with van der Waals surface area (Å²) < 4.78 is 5.43. The summed E-state index contributed by atoms with van der Waals surface area (Å²) in [7, 11) is 0. The molecule has 0 saturated carbocycles. The monoisotopic (exact) mass is 390 g/mol. The Bertz CT molecular complexity index is 1110. The van der Waals surface area contributed by atoms with Crippen molar-refractivity contribution in [3.63, 3.8) is 0 Å². The maximum Gasteiger partial charge on any atom is 0.336 e.